The minimum Gasteiger partial charge on any atom is -0.207 e. The molecular weight excluding hydrogens is 335 g/mol. The highest BCUT2D eigenvalue weighted by atomic mass is 79.9. The summed E-state index contributed by atoms with van der Waals surface area (Å²) in [7, 11) is 0. The zero-order valence-corrected chi connectivity index (χ0v) is 12.7. The lowest BCUT2D eigenvalue weighted by molar-refractivity contribution is 0.625. The summed E-state index contributed by atoms with van der Waals surface area (Å²) in [4.78, 5) is 1.16. The van der Waals surface area contributed by atoms with Gasteiger partial charge in [-0.2, -0.15) is 0 Å². The topological polar surface area (TPSA) is 0 Å². The Morgan fingerprint density at radius 1 is 1.06 bits per heavy atom. The molecule has 0 saturated carbocycles. The monoisotopic (exact) mass is 344 g/mol. The first-order chi connectivity index (χ1) is 8.67. The summed E-state index contributed by atoms with van der Waals surface area (Å²) in [6.45, 7) is 0. The number of alkyl halides is 1. The van der Waals surface area contributed by atoms with Gasteiger partial charge in [-0.05, 0) is 41.5 Å². The van der Waals surface area contributed by atoms with E-state index in [4.69, 9.17) is 11.6 Å². The Hall–Kier alpha value is -0.510. The van der Waals surface area contributed by atoms with Crippen LogP contribution in [-0.4, -0.2) is 0 Å². The predicted molar refractivity (Wildman–Crippen MR) is 79.7 cm³/mol. The smallest absolute Gasteiger partial charge is 0.124 e. The van der Waals surface area contributed by atoms with Gasteiger partial charge in [-0.1, -0.05) is 28.1 Å². The molecule has 0 spiro atoms. The molecule has 0 radical (unpaired) electrons. The lowest BCUT2D eigenvalue weighted by Crippen LogP contribution is -1.84. The maximum absolute atomic E-state index is 13.2. The van der Waals surface area contributed by atoms with Crippen molar-refractivity contribution in [1.29, 1.82) is 0 Å². The van der Waals surface area contributed by atoms with Gasteiger partial charge in [-0.3, -0.25) is 0 Å². The van der Waals surface area contributed by atoms with E-state index >= 15 is 0 Å². The van der Waals surface area contributed by atoms with Crippen molar-refractivity contribution in [1.82, 2.24) is 0 Å². The summed E-state index contributed by atoms with van der Waals surface area (Å²) in [5.74, 6) is 1.07. The highest BCUT2D eigenvalue weighted by Crippen LogP contribution is 2.25. The van der Waals surface area contributed by atoms with E-state index in [1.807, 2.05) is 30.3 Å². The van der Waals surface area contributed by atoms with Crippen LogP contribution < -0.4 is 0 Å². The Balaban J connectivity index is 2.01. The molecule has 18 heavy (non-hydrogen) atoms. The molecule has 0 aliphatic carbocycles. The van der Waals surface area contributed by atoms with Crippen LogP contribution >= 0.6 is 39.3 Å². The highest BCUT2D eigenvalue weighted by Gasteiger charge is 2.01. The van der Waals surface area contributed by atoms with Crippen LogP contribution in [0.2, 0.25) is 0 Å². The van der Waals surface area contributed by atoms with Crippen LogP contribution in [0.25, 0.3) is 0 Å². The second kappa shape index (κ2) is 6.60. The average Bonchev–Trinajstić information content (AvgIpc) is 2.36. The first-order valence-electron chi connectivity index (χ1n) is 5.40. The van der Waals surface area contributed by atoms with Gasteiger partial charge in [0.05, 0.1) is 0 Å². The molecule has 0 amide bonds. The van der Waals surface area contributed by atoms with Crippen molar-refractivity contribution in [3.8, 4) is 0 Å². The van der Waals surface area contributed by atoms with Crippen molar-refractivity contribution in [2.75, 3.05) is 0 Å². The van der Waals surface area contributed by atoms with E-state index in [9.17, 15) is 4.39 Å². The van der Waals surface area contributed by atoms with E-state index in [2.05, 4.69) is 15.9 Å². The van der Waals surface area contributed by atoms with Gasteiger partial charge >= 0.3 is 0 Å². The molecule has 0 bridgehead atoms. The fraction of sp³-hybridized carbons (Fsp3) is 0.143. The molecular formula is C14H11BrClFS. The summed E-state index contributed by atoms with van der Waals surface area (Å²) in [5, 5.41) is 0. The predicted octanol–water partition coefficient (Wildman–Crippen LogP) is 5.62. The van der Waals surface area contributed by atoms with Crippen LogP contribution in [0.3, 0.4) is 0 Å². The van der Waals surface area contributed by atoms with Gasteiger partial charge < -0.3 is 0 Å². The first-order valence-corrected chi connectivity index (χ1v) is 7.71. The van der Waals surface area contributed by atoms with Crippen molar-refractivity contribution in [3.63, 3.8) is 0 Å². The number of benzene rings is 2. The van der Waals surface area contributed by atoms with E-state index < -0.39 is 0 Å². The Morgan fingerprint density at radius 3 is 2.39 bits per heavy atom. The van der Waals surface area contributed by atoms with Gasteiger partial charge in [0, 0.05) is 21.0 Å². The fourth-order valence-electron chi connectivity index (χ4n) is 1.54. The second-order valence-electron chi connectivity index (χ2n) is 3.84. The number of hydrogen-bond donors (Lipinski definition) is 0. The zero-order valence-electron chi connectivity index (χ0n) is 9.50. The van der Waals surface area contributed by atoms with Crippen LogP contribution in [0.15, 0.2) is 51.8 Å². The molecule has 0 atom stereocenters. The second-order valence-corrected chi connectivity index (χ2v) is 6.08. The Bertz CT molecular complexity index is 508. The average molecular weight is 346 g/mol. The van der Waals surface area contributed by atoms with E-state index in [1.165, 1.54) is 6.07 Å². The Kier molecular flexibility index (Phi) is 5.10. The van der Waals surface area contributed by atoms with Gasteiger partial charge in [0.15, 0.2) is 0 Å². The molecule has 2 rings (SSSR count). The molecule has 0 aliphatic heterocycles. The lowest BCUT2D eigenvalue weighted by atomic mass is 10.2. The summed E-state index contributed by atoms with van der Waals surface area (Å²) < 4.78 is 14.0. The zero-order chi connectivity index (χ0) is 13.0. The van der Waals surface area contributed by atoms with Crippen molar-refractivity contribution < 1.29 is 4.39 Å². The molecule has 2 aromatic rings. The molecule has 0 heterocycles. The molecule has 4 heteroatoms. The van der Waals surface area contributed by atoms with Crippen molar-refractivity contribution in [2.45, 2.75) is 16.5 Å². The normalized spacial score (nSPS) is 10.6. The van der Waals surface area contributed by atoms with E-state index in [-0.39, 0.29) is 5.82 Å². The minimum atomic E-state index is -0.211. The van der Waals surface area contributed by atoms with Crippen LogP contribution in [0.1, 0.15) is 11.1 Å². The van der Waals surface area contributed by atoms with Crippen LogP contribution in [0.5, 0.6) is 0 Å². The third-order valence-electron chi connectivity index (χ3n) is 2.41. The Morgan fingerprint density at radius 2 is 1.78 bits per heavy atom. The summed E-state index contributed by atoms with van der Waals surface area (Å²) in [6.07, 6.45) is 0. The summed E-state index contributed by atoms with van der Waals surface area (Å²) in [5.41, 5.74) is 2.07. The summed E-state index contributed by atoms with van der Waals surface area (Å²) in [6, 6.07) is 13.1. The molecule has 0 fully saturated rings. The lowest BCUT2D eigenvalue weighted by Gasteiger charge is -2.04. The summed E-state index contributed by atoms with van der Waals surface area (Å²) >= 11 is 10.7. The molecule has 0 nitrogen and oxygen atoms in total. The molecule has 0 aromatic heterocycles. The molecule has 2 aromatic carbocycles. The number of halogens is 3. The van der Waals surface area contributed by atoms with Gasteiger partial charge in [0.1, 0.15) is 5.82 Å². The van der Waals surface area contributed by atoms with Crippen molar-refractivity contribution in [3.05, 3.63) is 63.9 Å². The third-order valence-corrected chi connectivity index (χ3v) is 4.26. The number of rotatable bonds is 4. The SMILES string of the molecule is Fc1cc(Br)cc(CSc2ccc(CCl)cc2)c1. The van der Waals surface area contributed by atoms with Gasteiger partial charge in [0.25, 0.3) is 0 Å². The molecule has 0 unspecified atom stereocenters. The molecule has 0 saturated heterocycles. The highest BCUT2D eigenvalue weighted by molar-refractivity contribution is 9.10. The fourth-order valence-corrected chi connectivity index (χ4v) is 3.06. The first kappa shape index (κ1) is 13.9. The minimum absolute atomic E-state index is 0.211. The van der Waals surface area contributed by atoms with Crippen LogP contribution in [-0.2, 0) is 11.6 Å². The quantitative estimate of drug-likeness (QED) is 0.512. The van der Waals surface area contributed by atoms with Crippen LogP contribution in [0.4, 0.5) is 4.39 Å². The molecule has 0 N–H and O–H groups in total. The Labute approximate surface area is 124 Å². The van der Waals surface area contributed by atoms with Crippen molar-refractivity contribution in [2.24, 2.45) is 0 Å². The molecule has 94 valence electrons. The van der Waals surface area contributed by atoms with Crippen molar-refractivity contribution >= 4 is 39.3 Å². The van der Waals surface area contributed by atoms with E-state index in [1.54, 1.807) is 17.8 Å². The van der Waals surface area contributed by atoms with Gasteiger partial charge in [-0.25, -0.2) is 4.39 Å². The van der Waals surface area contributed by atoms with E-state index in [0.29, 0.717) is 5.88 Å². The molecule has 0 aliphatic rings. The maximum Gasteiger partial charge on any atom is 0.124 e. The number of hydrogen-bond acceptors (Lipinski definition) is 1. The van der Waals surface area contributed by atoms with E-state index in [0.717, 1.165) is 26.2 Å². The van der Waals surface area contributed by atoms with Gasteiger partial charge in [0.2, 0.25) is 0 Å². The maximum atomic E-state index is 13.2. The number of thioether (sulfide) groups is 1. The third kappa shape index (κ3) is 4.01. The van der Waals surface area contributed by atoms with Gasteiger partial charge in [-0.15, -0.1) is 23.4 Å². The largest absolute Gasteiger partial charge is 0.207 e. The van der Waals surface area contributed by atoms with Crippen LogP contribution in [0, 0.1) is 5.82 Å². The standard InChI is InChI=1S/C14H11BrClFS/c15-12-5-11(6-13(17)7-12)9-18-14-3-1-10(8-16)2-4-14/h1-7H,8-9H2.